The second kappa shape index (κ2) is 5.83. The zero-order valence-corrected chi connectivity index (χ0v) is 13.6. The zero-order valence-electron chi connectivity index (χ0n) is 13.6. The summed E-state index contributed by atoms with van der Waals surface area (Å²) in [5.74, 6) is 1.37. The summed E-state index contributed by atoms with van der Waals surface area (Å²) < 4.78 is 20.9. The number of aryl methyl sites for hydroxylation is 1. The maximum atomic E-state index is 13.2. The van der Waals surface area contributed by atoms with Gasteiger partial charge in [0.15, 0.2) is 11.5 Å². The molecule has 3 aromatic rings. The van der Waals surface area contributed by atoms with Crippen molar-refractivity contribution in [1.29, 1.82) is 0 Å². The highest BCUT2D eigenvalue weighted by Gasteiger charge is 2.27. The minimum atomic E-state index is -0.241. The van der Waals surface area contributed by atoms with E-state index in [0.717, 1.165) is 29.4 Å². The van der Waals surface area contributed by atoms with Gasteiger partial charge in [-0.25, -0.2) is 4.39 Å². The number of hydrogen-bond donors (Lipinski definition) is 0. The average Bonchev–Trinajstić information content (AvgIpc) is 2.96. The van der Waals surface area contributed by atoms with E-state index in [2.05, 4.69) is 20.2 Å². The highest BCUT2D eigenvalue weighted by atomic mass is 19.1. The van der Waals surface area contributed by atoms with Crippen LogP contribution in [-0.2, 0) is 4.74 Å². The van der Waals surface area contributed by atoms with Crippen LogP contribution in [-0.4, -0.2) is 39.0 Å². The maximum Gasteiger partial charge on any atom is 0.178 e. The molecule has 1 aliphatic rings. The molecule has 6 nitrogen and oxygen atoms in total. The summed E-state index contributed by atoms with van der Waals surface area (Å²) in [6, 6.07) is 10.3. The summed E-state index contributed by atoms with van der Waals surface area (Å²) in [7, 11) is 0. The van der Waals surface area contributed by atoms with E-state index in [4.69, 9.17) is 4.74 Å². The molecule has 2 aromatic heterocycles. The molecular weight excluding hydrogens is 309 g/mol. The van der Waals surface area contributed by atoms with E-state index in [9.17, 15) is 4.39 Å². The van der Waals surface area contributed by atoms with Gasteiger partial charge >= 0.3 is 0 Å². The lowest BCUT2D eigenvalue weighted by Crippen LogP contribution is -2.43. The van der Waals surface area contributed by atoms with Gasteiger partial charge in [0.2, 0.25) is 0 Å². The molecular formula is C17H18FN5O. The van der Waals surface area contributed by atoms with Crippen molar-refractivity contribution in [3.05, 3.63) is 53.6 Å². The van der Waals surface area contributed by atoms with Crippen LogP contribution in [0.2, 0.25) is 0 Å². The summed E-state index contributed by atoms with van der Waals surface area (Å²) in [5.41, 5.74) is 1.70. The number of anilines is 1. The lowest BCUT2D eigenvalue weighted by atomic mass is 10.1. The van der Waals surface area contributed by atoms with E-state index in [1.54, 1.807) is 16.6 Å². The van der Waals surface area contributed by atoms with Gasteiger partial charge in [0, 0.05) is 13.1 Å². The molecule has 0 saturated carbocycles. The van der Waals surface area contributed by atoms with Crippen LogP contribution in [0, 0.1) is 12.7 Å². The molecule has 1 aromatic carbocycles. The Labute approximate surface area is 138 Å². The number of nitrogens with zero attached hydrogens (tertiary/aromatic N) is 5. The summed E-state index contributed by atoms with van der Waals surface area (Å²) in [6.07, 6.45) is -0.0674. The maximum absolute atomic E-state index is 13.2. The monoisotopic (exact) mass is 327 g/mol. The van der Waals surface area contributed by atoms with Crippen molar-refractivity contribution < 1.29 is 9.13 Å². The SMILES string of the molecule is Cc1nnc2ccc(N3CC(C)OC(c4ccc(F)cc4)C3)nn12. The number of morpholine rings is 1. The Bertz CT molecular complexity index is 863. The molecule has 0 amide bonds. The van der Waals surface area contributed by atoms with Crippen molar-refractivity contribution >= 4 is 11.5 Å². The van der Waals surface area contributed by atoms with Crippen molar-refractivity contribution in [3.63, 3.8) is 0 Å². The predicted octanol–water partition coefficient (Wildman–Crippen LogP) is 2.54. The Balaban J connectivity index is 1.63. The molecule has 124 valence electrons. The van der Waals surface area contributed by atoms with Gasteiger partial charge in [0.05, 0.1) is 6.10 Å². The molecule has 7 heteroatoms. The third-order valence-electron chi connectivity index (χ3n) is 4.23. The Morgan fingerprint density at radius 3 is 2.67 bits per heavy atom. The van der Waals surface area contributed by atoms with E-state index < -0.39 is 0 Å². The van der Waals surface area contributed by atoms with Crippen molar-refractivity contribution in [3.8, 4) is 0 Å². The number of halogens is 1. The highest BCUT2D eigenvalue weighted by Crippen LogP contribution is 2.28. The van der Waals surface area contributed by atoms with Gasteiger partial charge in [-0.2, -0.15) is 4.52 Å². The van der Waals surface area contributed by atoms with Crippen molar-refractivity contribution in [1.82, 2.24) is 19.8 Å². The molecule has 2 atom stereocenters. The van der Waals surface area contributed by atoms with E-state index in [1.807, 2.05) is 26.0 Å². The van der Waals surface area contributed by atoms with E-state index in [-0.39, 0.29) is 18.0 Å². The predicted molar refractivity (Wildman–Crippen MR) is 87.4 cm³/mol. The van der Waals surface area contributed by atoms with Crippen LogP contribution in [0.15, 0.2) is 36.4 Å². The molecule has 1 fully saturated rings. The standard InChI is InChI=1S/C17H18FN5O/c1-11-9-22(10-15(24-11)13-3-5-14(18)6-4-13)17-8-7-16-20-19-12(2)23(16)21-17/h3-8,11,15H,9-10H2,1-2H3. The van der Waals surface area contributed by atoms with Gasteiger partial charge < -0.3 is 9.64 Å². The first-order chi connectivity index (χ1) is 11.6. The molecule has 0 N–H and O–H groups in total. The Morgan fingerprint density at radius 1 is 1.08 bits per heavy atom. The van der Waals surface area contributed by atoms with Crippen LogP contribution in [0.5, 0.6) is 0 Å². The lowest BCUT2D eigenvalue weighted by Gasteiger charge is -2.37. The van der Waals surface area contributed by atoms with Crippen LogP contribution in [0.3, 0.4) is 0 Å². The van der Waals surface area contributed by atoms with Gasteiger partial charge in [0.25, 0.3) is 0 Å². The minimum absolute atomic E-state index is 0.0494. The highest BCUT2D eigenvalue weighted by molar-refractivity contribution is 5.46. The van der Waals surface area contributed by atoms with Gasteiger partial charge in [-0.1, -0.05) is 12.1 Å². The fourth-order valence-corrected chi connectivity index (χ4v) is 3.06. The largest absolute Gasteiger partial charge is 0.367 e. The lowest BCUT2D eigenvalue weighted by molar-refractivity contribution is -0.0176. The molecule has 0 bridgehead atoms. The first-order valence-corrected chi connectivity index (χ1v) is 7.95. The summed E-state index contributed by atoms with van der Waals surface area (Å²) in [5, 5.41) is 12.7. The van der Waals surface area contributed by atoms with E-state index in [1.165, 1.54) is 12.1 Å². The number of aromatic nitrogens is 4. The molecule has 1 aliphatic heterocycles. The number of ether oxygens (including phenoxy) is 1. The molecule has 2 unspecified atom stereocenters. The number of hydrogen-bond acceptors (Lipinski definition) is 5. The topological polar surface area (TPSA) is 55.5 Å². The molecule has 4 rings (SSSR count). The first kappa shape index (κ1) is 15.0. The van der Waals surface area contributed by atoms with E-state index in [0.29, 0.717) is 6.54 Å². The molecule has 24 heavy (non-hydrogen) atoms. The molecule has 0 spiro atoms. The second-order valence-corrected chi connectivity index (χ2v) is 6.10. The van der Waals surface area contributed by atoms with E-state index >= 15 is 0 Å². The third-order valence-corrected chi connectivity index (χ3v) is 4.23. The smallest absolute Gasteiger partial charge is 0.178 e. The average molecular weight is 327 g/mol. The summed E-state index contributed by atoms with van der Waals surface area (Å²) in [6.45, 7) is 5.32. The zero-order chi connectivity index (χ0) is 16.7. The van der Waals surface area contributed by atoms with Crippen LogP contribution >= 0.6 is 0 Å². The molecule has 3 heterocycles. The summed E-state index contributed by atoms with van der Waals surface area (Å²) in [4.78, 5) is 2.18. The second-order valence-electron chi connectivity index (χ2n) is 6.10. The quantitative estimate of drug-likeness (QED) is 0.724. The summed E-state index contributed by atoms with van der Waals surface area (Å²) >= 11 is 0. The van der Waals surface area contributed by atoms with Crippen molar-refractivity contribution in [2.24, 2.45) is 0 Å². The van der Waals surface area contributed by atoms with Gasteiger partial charge in [-0.15, -0.1) is 15.3 Å². The number of rotatable bonds is 2. The van der Waals surface area contributed by atoms with Crippen LogP contribution in [0.4, 0.5) is 10.2 Å². The Hall–Kier alpha value is -2.54. The Kier molecular flexibility index (Phi) is 3.65. The van der Waals surface area contributed by atoms with Crippen LogP contribution in [0.25, 0.3) is 5.65 Å². The van der Waals surface area contributed by atoms with Crippen molar-refractivity contribution in [2.75, 3.05) is 18.0 Å². The van der Waals surface area contributed by atoms with Crippen LogP contribution < -0.4 is 4.90 Å². The fourth-order valence-electron chi connectivity index (χ4n) is 3.06. The van der Waals surface area contributed by atoms with Gasteiger partial charge in [-0.05, 0) is 43.7 Å². The number of benzene rings is 1. The first-order valence-electron chi connectivity index (χ1n) is 7.95. The molecule has 1 saturated heterocycles. The van der Waals surface area contributed by atoms with Crippen LogP contribution in [0.1, 0.15) is 24.4 Å². The normalized spacial score (nSPS) is 21.4. The molecule has 0 aliphatic carbocycles. The van der Waals surface area contributed by atoms with Crippen molar-refractivity contribution in [2.45, 2.75) is 26.1 Å². The third kappa shape index (κ3) is 2.71. The van der Waals surface area contributed by atoms with Gasteiger partial charge in [0.1, 0.15) is 17.7 Å². The Morgan fingerprint density at radius 2 is 1.88 bits per heavy atom. The molecule has 0 radical (unpaired) electrons. The number of fused-ring (bicyclic) bond motifs is 1. The van der Waals surface area contributed by atoms with Gasteiger partial charge in [-0.3, -0.25) is 0 Å². The fraction of sp³-hybridized carbons (Fsp3) is 0.353. The minimum Gasteiger partial charge on any atom is -0.367 e.